The number of carbonyl (C=O) groups is 4. The van der Waals surface area contributed by atoms with Crippen LogP contribution in [0.5, 0.6) is 0 Å². The first-order valence-electron chi connectivity index (χ1n) is 43.6. The summed E-state index contributed by atoms with van der Waals surface area (Å²) in [5, 5.41) is 59.6. The van der Waals surface area contributed by atoms with E-state index in [1.807, 2.05) is 141 Å². The van der Waals surface area contributed by atoms with Crippen molar-refractivity contribution in [1.82, 2.24) is 99.5 Å². The molecule has 6 atom stereocenters. The summed E-state index contributed by atoms with van der Waals surface area (Å²) in [5.41, 5.74) is 17.4. The first kappa shape index (κ1) is 84.9. The first-order chi connectivity index (χ1) is 61.5. The summed E-state index contributed by atoms with van der Waals surface area (Å²) in [6, 6.07) is 55.6. The summed E-state index contributed by atoms with van der Waals surface area (Å²) in [4.78, 5) is 60.1. The van der Waals surface area contributed by atoms with Gasteiger partial charge in [0.25, 0.3) is 11.8 Å². The lowest BCUT2D eigenvalue weighted by Crippen LogP contribution is -2.42. The fraction of sp³-hybridized carbons (Fsp3) is 0.310. The first-order valence-corrected chi connectivity index (χ1v) is 43.6. The Morgan fingerprint density at radius 3 is 1.17 bits per heavy atom. The number of fused-ring (bicyclic) bond motifs is 4. The number of carbonyl (C=O) groups excluding carboxylic acids is 4. The SMILES string of the molecule is CC1(C)CC(Cn2ncc3cc(-c4cn[nH]c4)ccc32)CN1C(=O)c1cccc(C#N)c1.C[C@@H]1CC(Cn2ncc3cc(-c4cn[nH]c4)ccc32)CN1C(=O)CCc1ccc(F)cc1.C[C@@H]1CC(Cn2ncc3cc(-c4cn[nH]c4)ccc32)CN1C(=O)CCc1cccc(F)c1.Cc1cccc(C(=O)N2CC(Cn3ncc4cc(-c5cn[nH]c5)ccc43)CC2(C)C)c1. The molecule has 0 saturated carbocycles. The van der Waals surface area contributed by atoms with Crippen molar-refractivity contribution in [3.8, 4) is 50.6 Å². The number of benzene rings is 8. The Morgan fingerprint density at radius 1 is 0.409 bits per heavy atom. The molecule has 0 bridgehead atoms. The molecule has 4 saturated heterocycles. The van der Waals surface area contributed by atoms with Gasteiger partial charge in [0.1, 0.15) is 11.6 Å². The summed E-state index contributed by atoms with van der Waals surface area (Å²) >= 11 is 0. The third kappa shape index (κ3) is 19.3. The van der Waals surface area contributed by atoms with E-state index in [0.717, 1.165) is 182 Å². The van der Waals surface area contributed by atoms with Crippen molar-refractivity contribution in [2.24, 2.45) is 23.7 Å². The molecule has 20 rings (SSSR count). The zero-order valence-corrected chi connectivity index (χ0v) is 72.4. The lowest BCUT2D eigenvalue weighted by molar-refractivity contribution is -0.132. The third-order valence-corrected chi connectivity index (χ3v) is 25.6. The second kappa shape index (κ2) is 36.9. The number of rotatable bonds is 20. The molecule has 25 nitrogen and oxygen atoms in total. The highest BCUT2D eigenvalue weighted by molar-refractivity contribution is 5.96. The average Bonchev–Trinajstić information content (AvgIpc) is 2.04. The molecule has 646 valence electrons. The van der Waals surface area contributed by atoms with Gasteiger partial charge in [0.2, 0.25) is 11.8 Å². The highest BCUT2D eigenvalue weighted by Crippen LogP contribution is 2.39. The Kier molecular flexibility index (Phi) is 24.6. The number of aromatic amines is 4. The van der Waals surface area contributed by atoms with E-state index >= 15 is 0 Å². The summed E-state index contributed by atoms with van der Waals surface area (Å²) < 4.78 is 34.7. The van der Waals surface area contributed by atoms with Crippen molar-refractivity contribution < 1.29 is 28.0 Å². The maximum atomic E-state index is 13.4. The van der Waals surface area contributed by atoms with Crippen LogP contribution >= 0.6 is 0 Å². The van der Waals surface area contributed by atoms with Gasteiger partial charge in [-0.05, 0) is 247 Å². The highest BCUT2D eigenvalue weighted by Gasteiger charge is 2.44. The maximum absolute atomic E-state index is 13.4. The van der Waals surface area contributed by atoms with E-state index in [9.17, 15) is 28.0 Å². The van der Waals surface area contributed by atoms with Crippen molar-refractivity contribution in [3.05, 3.63) is 289 Å². The van der Waals surface area contributed by atoms with E-state index < -0.39 is 0 Å². The average molecular weight is 1700 g/mol. The summed E-state index contributed by atoms with van der Waals surface area (Å²) in [6.07, 6.45) is 28.3. The molecule has 27 heteroatoms. The van der Waals surface area contributed by atoms with Gasteiger partial charge in [0, 0.05) is 168 Å². The third-order valence-electron chi connectivity index (χ3n) is 25.6. The molecule has 12 heterocycles. The zero-order valence-electron chi connectivity index (χ0n) is 72.4. The van der Waals surface area contributed by atoms with Crippen molar-refractivity contribution in [3.63, 3.8) is 0 Å². The molecule has 4 fully saturated rings. The number of aryl methyl sites for hydroxylation is 3. The molecule has 4 amide bonds. The minimum absolute atomic E-state index is 0.0234. The number of nitriles is 1. The minimum atomic E-state index is -0.262. The van der Waals surface area contributed by atoms with Gasteiger partial charge in [-0.1, -0.05) is 72.3 Å². The molecule has 8 aromatic carbocycles. The molecular weight excluding hydrogens is 1600 g/mol. The molecule has 16 aromatic rings. The van der Waals surface area contributed by atoms with Crippen LogP contribution in [0.4, 0.5) is 8.78 Å². The standard InChI is InChI=1S/2C25H26FN5O.C25H24N6O.C25H27N5O/c1-17-10-19(15-30(17)25(32)9-4-18-2-6-23(26)7-3-18)16-31-24-8-5-20(11-21(24)14-29-31)22-12-27-28-13-22;1-17-9-19(15-30(17)25(32)8-5-18-3-2-4-23(26)10-18)16-31-24-7-6-20(11-21(24)14-29-31)22-12-27-28-13-22;1-25(2)10-18(15-30(25)24(32)20-5-3-4-17(8-20)11-26)16-31-23-7-6-19(9-21(23)14-29-31)22-12-27-28-13-22;1-17-5-4-6-20(9-17)24(31)29-15-18(11-25(29,2)3)16-30-23-8-7-19(10-21(23)14-28-30)22-12-26-27-13-22/h2-3,5-8,11-14,17,19H,4,9-10,15-16H2,1H3,(H,27,28);2-4,6-7,10-14,17,19H,5,8-9,15-16H2,1H3,(H,27,28);3-9,12-14,18H,10,15-16H2,1-2H3,(H,27,28);4-10,12-14,18H,11,15-16H2,1-3H3,(H,26,27)/t2*17-,19?;;/m11../s1. The van der Waals surface area contributed by atoms with Crippen LogP contribution in [0.3, 0.4) is 0 Å². The van der Waals surface area contributed by atoms with Crippen molar-refractivity contribution >= 4 is 67.2 Å². The molecular formula is C100H103F2N21O4. The molecule has 8 aromatic heterocycles. The van der Waals surface area contributed by atoms with Gasteiger partial charge in [-0.2, -0.15) is 46.1 Å². The Balaban J connectivity index is 0.000000119. The quantitative estimate of drug-likeness (QED) is 0.0553. The molecule has 4 aliphatic rings. The van der Waals surface area contributed by atoms with Gasteiger partial charge in [-0.3, -0.25) is 58.3 Å². The molecule has 4 aliphatic heterocycles. The van der Waals surface area contributed by atoms with E-state index in [1.165, 1.54) is 24.3 Å². The number of aromatic nitrogens is 16. The highest BCUT2D eigenvalue weighted by atomic mass is 19.1. The number of nitrogens with zero attached hydrogens (tertiary/aromatic N) is 17. The molecule has 0 aliphatic carbocycles. The number of likely N-dealkylation sites (tertiary alicyclic amines) is 4. The molecule has 0 spiro atoms. The van der Waals surface area contributed by atoms with Crippen LogP contribution < -0.4 is 0 Å². The maximum Gasteiger partial charge on any atom is 0.254 e. The number of hydrogen-bond donors (Lipinski definition) is 4. The Hall–Kier alpha value is -14.3. The van der Waals surface area contributed by atoms with Crippen molar-refractivity contribution in [2.45, 2.75) is 149 Å². The van der Waals surface area contributed by atoms with Crippen molar-refractivity contribution in [1.29, 1.82) is 5.26 Å². The lowest BCUT2D eigenvalue weighted by Gasteiger charge is -2.31. The van der Waals surface area contributed by atoms with E-state index in [4.69, 9.17) is 5.26 Å². The van der Waals surface area contributed by atoms with Gasteiger partial charge in [-0.25, -0.2) is 8.78 Å². The zero-order chi connectivity index (χ0) is 88.0. The van der Waals surface area contributed by atoms with Crippen LogP contribution in [0, 0.1) is 53.6 Å². The lowest BCUT2D eigenvalue weighted by atomic mass is 9.96. The van der Waals surface area contributed by atoms with Crippen LogP contribution in [-0.4, -0.2) is 172 Å². The van der Waals surface area contributed by atoms with E-state index in [1.54, 1.807) is 42.5 Å². The predicted molar refractivity (Wildman–Crippen MR) is 486 cm³/mol. The molecule has 127 heavy (non-hydrogen) atoms. The Bertz CT molecular complexity index is 6600. The van der Waals surface area contributed by atoms with Gasteiger partial charge in [0.05, 0.1) is 83.3 Å². The van der Waals surface area contributed by atoms with Gasteiger partial charge in [0.15, 0.2) is 0 Å². The number of H-pyrrole nitrogens is 4. The molecule has 0 radical (unpaired) electrons. The normalized spacial score (nSPS) is 18.1. The molecule has 4 unspecified atom stereocenters. The minimum Gasteiger partial charge on any atom is -0.340 e. The number of amides is 4. The predicted octanol–water partition coefficient (Wildman–Crippen LogP) is 17.8. The number of hydrogen-bond acceptors (Lipinski definition) is 13. The van der Waals surface area contributed by atoms with Crippen LogP contribution in [0.2, 0.25) is 0 Å². The van der Waals surface area contributed by atoms with E-state index in [2.05, 4.69) is 191 Å². The number of halogens is 2. The van der Waals surface area contributed by atoms with Crippen LogP contribution in [0.25, 0.3) is 88.1 Å². The monoisotopic (exact) mass is 1700 g/mol. The summed E-state index contributed by atoms with van der Waals surface area (Å²) in [6.45, 7) is 20.8. The van der Waals surface area contributed by atoms with E-state index in [0.29, 0.717) is 67.0 Å². The number of nitrogens with one attached hydrogen (secondary N) is 4. The second-order valence-corrected chi connectivity index (χ2v) is 35.8. The smallest absolute Gasteiger partial charge is 0.254 e. The Morgan fingerprint density at radius 2 is 0.787 bits per heavy atom. The van der Waals surface area contributed by atoms with Crippen LogP contribution in [-0.2, 0) is 48.6 Å². The van der Waals surface area contributed by atoms with Crippen LogP contribution in [0.1, 0.15) is 123 Å². The topological polar surface area (TPSA) is 291 Å². The van der Waals surface area contributed by atoms with E-state index in [-0.39, 0.29) is 58.4 Å². The Labute approximate surface area is 734 Å². The second-order valence-electron chi connectivity index (χ2n) is 35.8. The van der Waals surface area contributed by atoms with Crippen LogP contribution in [0.15, 0.2) is 244 Å². The fourth-order valence-corrected chi connectivity index (χ4v) is 19.2. The summed E-state index contributed by atoms with van der Waals surface area (Å²) in [5.74, 6) is 1.28. The van der Waals surface area contributed by atoms with Gasteiger partial charge < -0.3 is 19.6 Å². The summed E-state index contributed by atoms with van der Waals surface area (Å²) in [7, 11) is 0. The van der Waals surface area contributed by atoms with Gasteiger partial charge in [-0.15, -0.1) is 0 Å². The fourth-order valence-electron chi connectivity index (χ4n) is 19.2. The largest absolute Gasteiger partial charge is 0.340 e. The van der Waals surface area contributed by atoms with Gasteiger partial charge >= 0.3 is 0 Å². The van der Waals surface area contributed by atoms with Crippen molar-refractivity contribution in [2.75, 3.05) is 26.2 Å². The molecule has 4 N–H and O–H groups in total.